The van der Waals surface area contributed by atoms with Crippen LogP contribution in [0.4, 0.5) is 4.39 Å². The van der Waals surface area contributed by atoms with Crippen molar-refractivity contribution in [3.8, 4) is 0 Å². The maximum Gasteiger partial charge on any atom is 0.264 e. The molecule has 2 unspecified atom stereocenters. The predicted octanol–water partition coefficient (Wildman–Crippen LogP) is 1.11. The molecule has 106 valence electrons. The fourth-order valence-corrected chi connectivity index (χ4v) is 4.45. The van der Waals surface area contributed by atoms with Gasteiger partial charge in [-0.05, 0) is 31.9 Å². The average Bonchev–Trinajstić information content (AvgIpc) is 2.38. The molecule has 0 radical (unpaired) electrons. The Morgan fingerprint density at radius 1 is 1.53 bits per heavy atom. The molecular formula is C12H18FN3O2S. The Kier molecular flexibility index (Phi) is 4.17. The quantitative estimate of drug-likeness (QED) is 0.903. The highest BCUT2D eigenvalue weighted by Gasteiger charge is 2.39. The number of aromatic nitrogens is 1. The van der Waals surface area contributed by atoms with Gasteiger partial charge < -0.3 is 5.73 Å². The molecule has 2 heterocycles. The van der Waals surface area contributed by atoms with Gasteiger partial charge in [0, 0.05) is 24.8 Å². The van der Waals surface area contributed by atoms with E-state index in [1.54, 1.807) is 0 Å². The van der Waals surface area contributed by atoms with Crippen LogP contribution in [0.25, 0.3) is 0 Å². The van der Waals surface area contributed by atoms with E-state index < -0.39 is 20.9 Å². The maximum atomic E-state index is 13.7. The van der Waals surface area contributed by atoms with Crippen molar-refractivity contribution in [2.24, 2.45) is 5.73 Å². The van der Waals surface area contributed by atoms with Gasteiger partial charge in [0.15, 0.2) is 5.82 Å². The number of nitrogens with two attached hydrogens (primary N) is 1. The summed E-state index contributed by atoms with van der Waals surface area (Å²) in [7, 11) is -3.94. The van der Waals surface area contributed by atoms with Crippen molar-refractivity contribution in [3.63, 3.8) is 0 Å². The summed E-state index contributed by atoms with van der Waals surface area (Å²) in [6.07, 6.45) is 3.67. The molecule has 2 N–H and O–H groups in total. The van der Waals surface area contributed by atoms with Crippen molar-refractivity contribution in [3.05, 3.63) is 24.1 Å². The van der Waals surface area contributed by atoms with Crippen LogP contribution in [0.3, 0.4) is 0 Å². The first-order valence-electron chi connectivity index (χ1n) is 6.32. The molecule has 0 aliphatic carbocycles. The Bertz CT molecular complexity index is 550. The summed E-state index contributed by atoms with van der Waals surface area (Å²) in [5, 5.41) is -0.512. The standard InChI is InChI=1S/C12H18FN3O2S/c1-9-4-2-5-10(8-14)16(9)19(17,18)12-11(13)6-3-7-15-12/h3,6-7,9-10H,2,4-5,8,14H2,1H3. The highest BCUT2D eigenvalue weighted by atomic mass is 32.2. The number of halogens is 1. The lowest BCUT2D eigenvalue weighted by molar-refractivity contribution is 0.195. The zero-order chi connectivity index (χ0) is 14.0. The third kappa shape index (κ3) is 2.63. The van der Waals surface area contributed by atoms with Gasteiger partial charge in [0.1, 0.15) is 0 Å². The van der Waals surface area contributed by atoms with Gasteiger partial charge in [-0.3, -0.25) is 0 Å². The van der Waals surface area contributed by atoms with Crippen LogP contribution in [0.1, 0.15) is 26.2 Å². The first-order chi connectivity index (χ1) is 8.98. The molecule has 0 saturated carbocycles. The highest BCUT2D eigenvalue weighted by molar-refractivity contribution is 7.89. The van der Waals surface area contributed by atoms with Crippen LogP contribution in [-0.4, -0.2) is 36.3 Å². The fraction of sp³-hybridized carbons (Fsp3) is 0.583. The number of nitrogens with zero attached hydrogens (tertiary/aromatic N) is 2. The minimum atomic E-state index is -3.94. The summed E-state index contributed by atoms with van der Waals surface area (Å²) in [4.78, 5) is 3.68. The topological polar surface area (TPSA) is 76.3 Å². The van der Waals surface area contributed by atoms with Crippen molar-refractivity contribution in [1.82, 2.24) is 9.29 Å². The van der Waals surface area contributed by atoms with Gasteiger partial charge in [-0.2, -0.15) is 4.31 Å². The molecule has 0 aromatic carbocycles. The van der Waals surface area contributed by atoms with Crippen molar-refractivity contribution in [1.29, 1.82) is 0 Å². The Morgan fingerprint density at radius 3 is 2.89 bits per heavy atom. The SMILES string of the molecule is CC1CCCC(CN)N1S(=O)(=O)c1ncccc1F. The van der Waals surface area contributed by atoms with E-state index in [4.69, 9.17) is 5.73 Å². The molecule has 5 nitrogen and oxygen atoms in total. The summed E-state index contributed by atoms with van der Waals surface area (Å²) >= 11 is 0. The predicted molar refractivity (Wildman–Crippen MR) is 69.4 cm³/mol. The van der Waals surface area contributed by atoms with Crippen molar-refractivity contribution < 1.29 is 12.8 Å². The Morgan fingerprint density at radius 2 is 2.26 bits per heavy atom. The maximum absolute atomic E-state index is 13.7. The van der Waals surface area contributed by atoms with Gasteiger partial charge in [0.25, 0.3) is 10.0 Å². The largest absolute Gasteiger partial charge is 0.329 e. The third-order valence-electron chi connectivity index (χ3n) is 3.47. The van der Waals surface area contributed by atoms with E-state index in [0.717, 1.165) is 18.9 Å². The van der Waals surface area contributed by atoms with Crippen LogP contribution in [0.2, 0.25) is 0 Å². The summed E-state index contributed by atoms with van der Waals surface area (Å²) in [5.41, 5.74) is 5.65. The summed E-state index contributed by atoms with van der Waals surface area (Å²) in [5.74, 6) is -0.823. The molecule has 1 aromatic heterocycles. The zero-order valence-corrected chi connectivity index (χ0v) is 11.6. The molecule has 0 bridgehead atoms. The lowest BCUT2D eigenvalue weighted by Gasteiger charge is -2.38. The van der Waals surface area contributed by atoms with Crippen LogP contribution >= 0.6 is 0 Å². The average molecular weight is 287 g/mol. The lowest BCUT2D eigenvalue weighted by Crippen LogP contribution is -2.52. The van der Waals surface area contributed by atoms with E-state index in [2.05, 4.69) is 4.98 Å². The molecule has 2 atom stereocenters. The van der Waals surface area contributed by atoms with E-state index in [-0.39, 0.29) is 18.6 Å². The molecule has 0 amide bonds. The van der Waals surface area contributed by atoms with Crippen molar-refractivity contribution in [2.45, 2.75) is 43.3 Å². The minimum absolute atomic E-state index is 0.186. The molecule has 1 fully saturated rings. The molecule has 7 heteroatoms. The number of sulfonamides is 1. The van der Waals surface area contributed by atoms with Crippen molar-refractivity contribution in [2.75, 3.05) is 6.54 Å². The molecule has 1 aliphatic heterocycles. The number of piperidine rings is 1. The monoisotopic (exact) mass is 287 g/mol. The zero-order valence-electron chi connectivity index (χ0n) is 10.8. The fourth-order valence-electron chi connectivity index (χ4n) is 2.58. The van der Waals surface area contributed by atoms with Crippen molar-refractivity contribution >= 4 is 10.0 Å². The van der Waals surface area contributed by atoms with E-state index in [9.17, 15) is 12.8 Å². The van der Waals surface area contributed by atoms with E-state index in [0.29, 0.717) is 6.42 Å². The third-order valence-corrected chi connectivity index (χ3v) is 5.47. The summed E-state index contributed by atoms with van der Waals surface area (Å²) < 4.78 is 40.1. The normalized spacial score (nSPS) is 25.4. The molecule has 19 heavy (non-hydrogen) atoms. The van der Waals surface area contributed by atoms with Crippen LogP contribution in [0, 0.1) is 5.82 Å². The Labute approximate surface area is 112 Å². The molecule has 1 saturated heterocycles. The first kappa shape index (κ1) is 14.4. The molecular weight excluding hydrogens is 269 g/mol. The van der Waals surface area contributed by atoms with Crippen LogP contribution in [-0.2, 0) is 10.0 Å². The van der Waals surface area contributed by atoms with E-state index in [1.165, 1.54) is 16.6 Å². The molecule has 2 rings (SSSR count). The Hall–Kier alpha value is -1.05. The molecule has 1 aromatic rings. The van der Waals surface area contributed by atoms with Gasteiger partial charge in [-0.1, -0.05) is 6.42 Å². The first-order valence-corrected chi connectivity index (χ1v) is 7.76. The van der Waals surface area contributed by atoms with Gasteiger partial charge in [0.2, 0.25) is 5.03 Å². The molecule has 0 spiro atoms. The van der Waals surface area contributed by atoms with E-state index in [1.807, 2.05) is 6.92 Å². The second-order valence-corrected chi connectivity index (χ2v) is 6.55. The number of hydrogen-bond donors (Lipinski definition) is 1. The Balaban J connectivity index is 2.45. The lowest BCUT2D eigenvalue weighted by atomic mass is 10.00. The second-order valence-electron chi connectivity index (χ2n) is 4.79. The van der Waals surface area contributed by atoms with Gasteiger partial charge >= 0.3 is 0 Å². The van der Waals surface area contributed by atoms with Crippen LogP contribution in [0.15, 0.2) is 23.4 Å². The van der Waals surface area contributed by atoms with Gasteiger partial charge in [0.05, 0.1) is 0 Å². The number of pyridine rings is 1. The number of rotatable bonds is 3. The second kappa shape index (κ2) is 5.52. The van der Waals surface area contributed by atoms with Gasteiger partial charge in [-0.15, -0.1) is 0 Å². The molecule has 1 aliphatic rings. The summed E-state index contributed by atoms with van der Waals surface area (Å²) in [6, 6.07) is 2.00. The number of hydrogen-bond acceptors (Lipinski definition) is 4. The highest BCUT2D eigenvalue weighted by Crippen LogP contribution is 2.29. The van der Waals surface area contributed by atoms with Gasteiger partial charge in [-0.25, -0.2) is 17.8 Å². The van der Waals surface area contributed by atoms with Crippen LogP contribution < -0.4 is 5.73 Å². The van der Waals surface area contributed by atoms with Crippen LogP contribution in [0.5, 0.6) is 0 Å². The smallest absolute Gasteiger partial charge is 0.264 e. The van der Waals surface area contributed by atoms with E-state index >= 15 is 0 Å². The summed E-state index contributed by atoms with van der Waals surface area (Å²) in [6.45, 7) is 2.05. The minimum Gasteiger partial charge on any atom is -0.329 e.